The molecule has 0 unspecified atom stereocenters. The maximum Gasteiger partial charge on any atom is 0.186 e. The summed E-state index contributed by atoms with van der Waals surface area (Å²) < 4.78 is 1.82. The van der Waals surface area contributed by atoms with Crippen LogP contribution in [-0.4, -0.2) is 15.0 Å². The molecule has 1 aliphatic carbocycles. The van der Waals surface area contributed by atoms with Crippen LogP contribution >= 0.6 is 0 Å². The highest BCUT2D eigenvalue weighted by molar-refractivity contribution is 5.44. The number of aryl methyl sites for hydroxylation is 1. The fourth-order valence-corrected chi connectivity index (χ4v) is 2.07. The lowest BCUT2D eigenvalue weighted by Gasteiger charge is -2.08. The summed E-state index contributed by atoms with van der Waals surface area (Å²) in [6.07, 6.45) is 2.27. The third-order valence-electron chi connectivity index (χ3n) is 3.12. The largest absolute Gasteiger partial charge is 0.216 e. The minimum atomic E-state index is 0.458. The summed E-state index contributed by atoms with van der Waals surface area (Å²) in [5.41, 5.74) is 3.60. The van der Waals surface area contributed by atoms with E-state index in [2.05, 4.69) is 16.4 Å². The van der Waals surface area contributed by atoms with E-state index in [0.717, 1.165) is 29.8 Å². The van der Waals surface area contributed by atoms with Crippen molar-refractivity contribution < 1.29 is 0 Å². The maximum atomic E-state index is 9.06. The van der Waals surface area contributed by atoms with E-state index in [4.69, 9.17) is 5.26 Å². The minimum Gasteiger partial charge on any atom is -0.216 e. The molecular weight excluding hydrogens is 212 g/mol. The van der Waals surface area contributed by atoms with E-state index in [1.54, 1.807) is 0 Å². The number of hydrogen-bond acceptors (Lipinski definition) is 3. The first kappa shape index (κ1) is 10.0. The van der Waals surface area contributed by atoms with Crippen molar-refractivity contribution in [2.24, 2.45) is 0 Å². The number of benzene rings is 1. The zero-order valence-corrected chi connectivity index (χ0v) is 9.59. The van der Waals surface area contributed by atoms with Gasteiger partial charge in [-0.05, 0) is 31.4 Å². The van der Waals surface area contributed by atoms with Crippen molar-refractivity contribution in [3.05, 3.63) is 41.2 Å². The average molecular weight is 224 g/mol. The Balaban J connectivity index is 2.19. The minimum absolute atomic E-state index is 0.458. The molecule has 4 nitrogen and oxygen atoms in total. The normalized spacial score (nSPS) is 14.6. The van der Waals surface area contributed by atoms with Gasteiger partial charge in [-0.1, -0.05) is 23.4 Å². The van der Waals surface area contributed by atoms with Gasteiger partial charge in [0.2, 0.25) is 0 Å². The first-order chi connectivity index (χ1) is 8.31. The van der Waals surface area contributed by atoms with Crippen molar-refractivity contribution >= 4 is 0 Å². The fraction of sp³-hybridized carbons (Fsp3) is 0.308. The van der Waals surface area contributed by atoms with Crippen LogP contribution in [0.2, 0.25) is 0 Å². The molecule has 4 heteroatoms. The van der Waals surface area contributed by atoms with Crippen molar-refractivity contribution in [2.75, 3.05) is 0 Å². The Morgan fingerprint density at radius 3 is 2.76 bits per heavy atom. The first-order valence-electron chi connectivity index (χ1n) is 5.73. The predicted octanol–water partition coefficient (Wildman–Crippen LogP) is 2.32. The van der Waals surface area contributed by atoms with Gasteiger partial charge in [0.25, 0.3) is 0 Å². The Morgan fingerprint density at radius 1 is 1.35 bits per heavy atom. The van der Waals surface area contributed by atoms with Crippen molar-refractivity contribution in [3.8, 4) is 11.8 Å². The van der Waals surface area contributed by atoms with Crippen molar-refractivity contribution in [1.82, 2.24) is 15.0 Å². The van der Waals surface area contributed by atoms with Crippen LogP contribution in [0.1, 0.15) is 35.7 Å². The summed E-state index contributed by atoms with van der Waals surface area (Å²) in [4.78, 5) is 0. The number of aromatic nitrogens is 3. The molecule has 1 aliphatic rings. The van der Waals surface area contributed by atoms with Crippen LogP contribution in [0.4, 0.5) is 0 Å². The van der Waals surface area contributed by atoms with E-state index in [1.165, 1.54) is 0 Å². The van der Waals surface area contributed by atoms with Crippen LogP contribution in [0.3, 0.4) is 0 Å². The lowest BCUT2D eigenvalue weighted by Crippen LogP contribution is -2.03. The lowest BCUT2D eigenvalue weighted by atomic mass is 10.1. The molecule has 1 fully saturated rings. The van der Waals surface area contributed by atoms with Gasteiger partial charge >= 0.3 is 0 Å². The summed E-state index contributed by atoms with van der Waals surface area (Å²) >= 11 is 0. The van der Waals surface area contributed by atoms with E-state index < -0.39 is 0 Å². The van der Waals surface area contributed by atoms with E-state index in [1.807, 2.05) is 35.9 Å². The molecule has 0 spiro atoms. The Morgan fingerprint density at radius 2 is 2.12 bits per heavy atom. The number of hydrogen-bond donors (Lipinski definition) is 0. The van der Waals surface area contributed by atoms with E-state index >= 15 is 0 Å². The van der Waals surface area contributed by atoms with Crippen LogP contribution in [0.25, 0.3) is 5.69 Å². The second-order valence-electron chi connectivity index (χ2n) is 4.41. The van der Waals surface area contributed by atoms with Gasteiger partial charge < -0.3 is 0 Å². The molecular formula is C13H12N4. The zero-order chi connectivity index (χ0) is 11.8. The lowest BCUT2D eigenvalue weighted by molar-refractivity contribution is 0.759. The molecule has 1 aromatic heterocycles. The highest BCUT2D eigenvalue weighted by Crippen LogP contribution is 2.41. The molecule has 0 bridgehead atoms. The second kappa shape index (κ2) is 3.70. The molecule has 2 aromatic rings. The fourth-order valence-electron chi connectivity index (χ4n) is 2.07. The zero-order valence-electron chi connectivity index (χ0n) is 9.59. The van der Waals surface area contributed by atoms with E-state index in [9.17, 15) is 0 Å². The topological polar surface area (TPSA) is 54.5 Å². The number of nitrogens with zero attached hydrogens (tertiary/aromatic N) is 4. The maximum absolute atomic E-state index is 9.06. The van der Waals surface area contributed by atoms with Crippen LogP contribution in [-0.2, 0) is 0 Å². The van der Waals surface area contributed by atoms with Crippen molar-refractivity contribution in [1.29, 1.82) is 5.26 Å². The molecule has 0 amide bonds. The third kappa shape index (κ3) is 1.60. The molecule has 1 aromatic carbocycles. The smallest absolute Gasteiger partial charge is 0.186 e. The summed E-state index contributed by atoms with van der Waals surface area (Å²) in [5, 5.41) is 17.1. The summed E-state index contributed by atoms with van der Waals surface area (Å²) in [6, 6.07) is 10.2. The SMILES string of the molecule is Cc1ccccc1-n1nnc(C#N)c1C1CC1. The molecule has 0 atom stereocenters. The summed E-state index contributed by atoms with van der Waals surface area (Å²) in [5.74, 6) is 0.458. The standard InChI is InChI=1S/C13H12N4/c1-9-4-2-3-5-12(9)17-13(10-6-7-10)11(8-14)15-16-17/h2-5,10H,6-7H2,1H3. The van der Waals surface area contributed by atoms with Crippen LogP contribution < -0.4 is 0 Å². The molecule has 0 aliphatic heterocycles. The van der Waals surface area contributed by atoms with Gasteiger partial charge in [-0.25, -0.2) is 4.68 Å². The van der Waals surface area contributed by atoms with Gasteiger partial charge in [0, 0.05) is 5.92 Å². The van der Waals surface area contributed by atoms with Gasteiger partial charge in [-0.2, -0.15) is 5.26 Å². The van der Waals surface area contributed by atoms with Gasteiger partial charge in [0.05, 0.1) is 11.4 Å². The molecule has 3 rings (SSSR count). The Bertz CT molecular complexity index is 602. The first-order valence-corrected chi connectivity index (χ1v) is 5.73. The predicted molar refractivity (Wildman–Crippen MR) is 62.8 cm³/mol. The molecule has 1 heterocycles. The molecule has 0 N–H and O–H groups in total. The van der Waals surface area contributed by atoms with Crippen LogP contribution in [0.15, 0.2) is 24.3 Å². The molecule has 0 radical (unpaired) electrons. The van der Waals surface area contributed by atoms with Crippen molar-refractivity contribution in [3.63, 3.8) is 0 Å². The van der Waals surface area contributed by atoms with Crippen LogP contribution in [0.5, 0.6) is 0 Å². The molecule has 0 saturated heterocycles. The van der Waals surface area contributed by atoms with Gasteiger partial charge in [-0.3, -0.25) is 0 Å². The number of nitriles is 1. The monoisotopic (exact) mass is 224 g/mol. The highest BCUT2D eigenvalue weighted by Gasteiger charge is 2.32. The van der Waals surface area contributed by atoms with Gasteiger partial charge in [-0.15, -0.1) is 5.10 Å². The van der Waals surface area contributed by atoms with E-state index in [0.29, 0.717) is 11.6 Å². The second-order valence-corrected chi connectivity index (χ2v) is 4.41. The third-order valence-corrected chi connectivity index (χ3v) is 3.12. The van der Waals surface area contributed by atoms with Crippen LogP contribution in [0, 0.1) is 18.3 Å². The Kier molecular flexibility index (Phi) is 2.19. The molecule has 84 valence electrons. The molecule has 1 saturated carbocycles. The molecule has 17 heavy (non-hydrogen) atoms. The van der Waals surface area contributed by atoms with E-state index in [-0.39, 0.29) is 0 Å². The summed E-state index contributed by atoms with van der Waals surface area (Å²) in [6.45, 7) is 2.04. The Hall–Kier alpha value is -2.15. The number of para-hydroxylation sites is 1. The summed E-state index contributed by atoms with van der Waals surface area (Å²) in [7, 11) is 0. The van der Waals surface area contributed by atoms with Gasteiger partial charge in [0.1, 0.15) is 6.07 Å². The van der Waals surface area contributed by atoms with Crippen molar-refractivity contribution in [2.45, 2.75) is 25.7 Å². The highest BCUT2D eigenvalue weighted by atomic mass is 15.4. The number of rotatable bonds is 2. The van der Waals surface area contributed by atoms with Gasteiger partial charge in [0.15, 0.2) is 5.69 Å². The Labute approximate surface area is 99.5 Å². The quantitative estimate of drug-likeness (QED) is 0.786. The average Bonchev–Trinajstić information content (AvgIpc) is 3.10.